The van der Waals surface area contributed by atoms with Crippen molar-refractivity contribution in [2.24, 2.45) is 5.41 Å². The summed E-state index contributed by atoms with van der Waals surface area (Å²) in [7, 11) is 0. The summed E-state index contributed by atoms with van der Waals surface area (Å²) >= 11 is 4.99. The van der Waals surface area contributed by atoms with Crippen molar-refractivity contribution in [3.05, 3.63) is 15.0 Å². The number of halogens is 1. The molecule has 2 rings (SSSR count). The molecule has 90 valence electrons. The van der Waals surface area contributed by atoms with Crippen LogP contribution in [0, 0.1) is 5.41 Å². The summed E-state index contributed by atoms with van der Waals surface area (Å²) in [4.78, 5) is 5.18. The smallest absolute Gasteiger partial charge is 0.123 e. The fourth-order valence-electron chi connectivity index (χ4n) is 2.42. The highest BCUT2D eigenvalue weighted by Gasteiger charge is 2.37. The molecule has 0 amide bonds. The van der Waals surface area contributed by atoms with Gasteiger partial charge in [0.15, 0.2) is 0 Å². The molecule has 0 radical (unpaired) electrons. The molecule has 0 aliphatic heterocycles. The molecule has 1 saturated carbocycles. The lowest BCUT2D eigenvalue weighted by atomic mass is 9.84. The van der Waals surface area contributed by atoms with Gasteiger partial charge in [-0.25, -0.2) is 4.98 Å². The van der Waals surface area contributed by atoms with Crippen LogP contribution in [0.1, 0.15) is 50.8 Å². The van der Waals surface area contributed by atoms with Gasteiger partial charge in [0, 0.05) is 0 Å². The zero-order valence-corrected chi connectivity index (χ0v) is 12.2. The highest BCUT2D eigenvalue weighted by Crippen LogP contribution is 2.45. The van der Waals surface area contributed by atoms with Crippen LogP contribution in [0.2, 0.25) is 0 Å². The highest BCUT2D eigenvalue weighted by atomic mass is 79.9. The second kappa shape index (κ2) is 4.39. The summed E-state index contributed by atoms with van der Waals surface area (Å²) in [5.74, 6) is 0. The average Bonchev–Trinajstić information content (AvgIpc) is 2.56. The standard InChI is InChI=1S/C12H18BrNOS/c1-11(2)4-3-5-12(15,7-6-11)9-10(13)14-8-16-9/h8,15H,3-7H2,1-2H3. The van der Waals surface area contributed by atoms with E-state index in [9.17, 15) is 5.11 Å². The largest absolute Gasteiger partial charge is 0.384 e. The van der Waals surface area contributed by atoms with E-state index in [1.165, 1.54) is 6.42 Å². The highest BCUT2D eigenvalue weighted by molar-refractivity contribution is 9.10. The van der Waals surface area contributed by atoms with E-state index in [4.69, 9.17) is 0 Å². The van der Waals surface area contributed by atoms with Crippen LogP contribution in [0.4, 0.5) is 0 Å². The van der Waals surface area contributed by atoms with E-state index in [0.29, 0.717) is 5.41 Å². The monoisotopic (exact) mass is 303 g/mol. The van der Waals surface area contributed by atoms with E-state index < -0.39 is 5.60 Å². The van der Waals surface area contributed by atoms with E-state index in [2.05, 4.69) is 34.8 Å². The average molecular weight is 304 g/mol. The van der Waals surface area contributed by atoms with Crippen molar-refractivity contribution in [2.45, 2.75) is 51.6 Å². The molecule has 1 aliphatic carbocycles. The van der Waals surface area contributed by atoms with Crippen LogP contribution in [-0.2, 0) is 5.60 Å². The third kappa shape index (κ3) is 2.49. The lowest BCUT2D eigenvalue weighted by Gasteiger charge is -2.27. The lowest BCUT2D eigenvalue weighted by Crippen LogP contribution is -2.24. The van der Waals surface area contributed by atoms with E-state index in [-0.39, 0.29) is 0 Å². The Morgan fingerprint density at radius 2 is 2.06 bits per heavy atom. The number of aromatic nitrogens is 1. The molecule has 0 bridgehead atoms. The molecule has 1 aromatic heterocycles. The summed E-state index contributed by atoms with van der Waals surface area (Å²) in [6.45, 7) is 4.58. The Hall–Kier alpha value is 0.0700. The summed E-state index contributed by atoms with van der Waals surface area (Å²) in [6, 6.07) is 0. The maximum Gasteiger partial charge on any atom is 0.123 e. The minimum atomic E-state index is -0.659. The van der Waals surface area contributed by atoms with Crippen molar-refractivity contribution < 1.29 is 5.11 Å². The zero-order chi connectivity index (χ0) is 11.8. The Bertz CT molecular complexity index is 377. The van der Waals surface area contributed by atoms with Crippen molar-refractivity contribution >= 4 is 27.3 Å². The van der Waals surface area contributed by atoms with Gasteiger partial charge in [-0.15, -0.1) is 11.3 Å². The van der Waals surface area contributed by atoms with Gasteiger partial charge in [0.1, 0.15) is 10.2 Å². The number of thiazole rings is 1. The van der Waals surface area contributed by atoms with Crippen molar-refractivity contribution in [3.63, 3.8) is 0 Å². The minimum absolute atomic E-state index is 0.363. The van der Waals surface area contributed by atoms with Crippen LogP contribution in [0.25, 0.3) is 0 Å². The maximum absolute atomic E-state index is 10.8. The quantitative estimate of drug-likeness (QED) is 0.793. The molecule has 4 heteroatoms. The molecule has 1 aliphatic rings. The van der Waals surface area contributed by atoms with Crippen LogP contribution in [0.3, 0.4) is 0 Å². The summed E-state index contributed by atoms with van der Waals surface area (Å²) in [5, 5.41) is 10.8. The van der Waals surface area contributed by atoms with Crippen molar-refractivity contribution in [3.8, 4) is 0 Å². The molecule has 0 saturated heterocycles. The molecular formula is C12H18BrNOS. The molecule has 1 aromatic rings. The summed E-state index contributed by atoms with van der Waals surface area (Å²) < 4.78 is 0.819. The molecule has 0 spiro atoms. The number of nitrogens with zero attached hydrogens (tertiary/aromatic N) is 1. The molecule has 2 nitrogen and oxygen atoms in total. The Morgan fingerprint density at radius 1 is 1.31 bits per heavy atom. The zero-order valence-electron chi connectivity index (χ0n) is 9.79. The molecule has 0 aromatic carbocycles. The van der Waals surface area contributed by atoms with Gasteiger partial charge in [0.25, 0.3) is 0 Å². The van der Waals surface area contributed by atoms with Crippen LogP contribution >= 0.6 is 27.3 Å². The third-order valence-electron chi connectivity index (χ3n) is 3.61. The second-order valence-corrected chi connectivity index (χ2v) is 7.13. The first kappa shape index (κ1) is 12.5. The molecule has 1 heterocycles. The Labute approximate surface area is 109 Å². The Balaban J connectivity index is 2.23. The van der Waals surface area contributed by atoms with Crippen LogP contribution in [0.15, 0.2) is 10.1 Å². The third-order valence-corrected chi connectivity index (χ3v) is 5.49. The predicted molar refractivity (Wildman–Crippen MR) is 70.6 cm³/mol. The molecule has 1 fully saturated rings. The fourth-order valence-corrected chi connectivity index (χ4v) is 4.14. The van der Waals surface area contributed by atoms with E-state index in [1.54, 1.807) is 16.8 Å². The molecular weight excluding hydrogens is 286 g/mol. The second-order valence-electron chi connectivity index (χ2n) is 5.52. The minimum Gasteiger partial charge on any atom is -0.384 e. The maximum atomic E-state index is 10.8. The van der Waals surface area contributed by atoms with E-state index >= 15 is 0 Å². The summed E-state index contributed by atoms with van der Waals surface area (Å²) in [5.41, 5.74) is 1.50. The predicted octanol–water partition coefficient (Wildman–Crippen LogP) is 4.08. The first-order chi connectivity index (χ1) is 7.43. The fraction of sp³-hybridized carbons (Fsp3) is 0.750. The van der Waals surface area contributed by atoms with E-state index in [1.807, 2.05) is 0 Å². The van der Waals surface area contributed by atoms with Gasteiger partial charge >= 0.3 is 0 Å². The van der Waals surface area contributed by atoms with Gasteiger partial charge in [0.05, 0.1) is 10.4 Å². The van der Waals surface area contributed by atoms with Gasteiger partial charge < -0.3 is 5.11 Å². The van der Waals surface area contributed by atoms with Crippen LogP contribution < -0.4 is 0 Å². The number of aliphatic hydroxyl groups is 1. The molecule has 16 heavy (non-hydrogen) atoms. The number of rotatable bonds is 1. The number of hydrogen-bond donors (Lipinski definition) is 1. The van der Waals surface area contributed by atoms with Gasteiger partial charge in [-0.1, -0.05) is 13.8 Å². The van der Waals surface area contributed by atoms with E-state index in [0.717, 1.165) is 35.2 Å². The molecule has 1 N–H and O–H groups in total. The lowest BCUT2D eigenvalue weighted by molar-refractivity contribution is 0.0208. The van der Waals surface area contributed by atoms with Crippen molar-refractivity contribution in [1.29, 1.82) is 0 Å². The molecule has 1 unspecified atom stereocenters. The van der Waals surface area contributed by atoms with Crippen molar-refractivity contribution in [2.75, 3.05) is 0 Å². The van der Waals surface area contributed by atoms with Crippen LogP contribution in [-0.4, -0.2) is 10.1 Å². The van der Waals surface area contributed by atoms with Gasteiger partial charge in [0.2, 0.25) is 0 Å². The topological polar surface area (TPSA) is 33.1 Å². The SMILES string of the molecule is CC1(C)CCCC(O)(c2scnc2Br)CC1. The summed E-state index contributed by atoms with van der Waals surface area (Å²) in [6.07, 6.45) is 5.07. The normalized spacial score (nSPS) is 30.0. The van der Waals surface area contributed by atoms with Gasteiger partial charge in [-0.2, -0.15) is 0 Å². The van der Waals surface area contributed by atoms with Crippen molar-refractivity contribution in [1.82, 2.24) is 4.98 Å². The number of hydrogen-bond acceptors (Lipinski definition) is 3. The Kier molecular flexibility index (Phi) is 3.44. The van der Waals surface area contributed by atoms with Crippen LogP contribution in [0.5, 0.6) is 0 Å². The first-order valence-corrected chi connectivity index (χ1v) is 7.42. The Morgan fingerprint density at radius 3 is 2.69 bits per heavy atom. The van der Waals surface area contributed by atoms with Gasteiger partial charge in [-0.05, 0) is 53.4 Å². The van der Waals surface area contributed by atoms with Gasteiger partial charge in [-0.3, -0.25) is 0 Å². The molecule has 1 atom stereocenters. The first-order valence-electron chi connectivity index (χ1n) is 5.75.